The summed E-state index contributed by atoms with van der Waals surface area (Å²) in [4.78, 5) is 0. The Kier molecular flexibility index (Phi) is 2.87. The maximum Gasteiger partial charge on any atom is 0.0521 e. The van der Waals surface area contributed by atoms with E-state index < -0.39 is 0 Å². The molecule has 0 bridgehead atoms. The second-order valence-electron chi connectivity index (χ2n) is 5.48. The first-order valence-corrected chi connectivity index (χ1v) is 6.70. The monoisotopic (exact) mass is 262 g/mol. The van der Waals surface area contributed by atoms with Crippen LogP contribution in [-0.4, -0.2) is 11.1 Å². The molecular formula is C15H19ClN2. The van der Waals surface area contributed by atoms with Gasteiger partial charge >= 0.3 is 0 Å². The zero-order chi connectivity index (χ0) is 11.4. The lowest BCUT2D eigenvalue weighted by Gasteiger charge is -2.25. The molecule has 2 nitrogen and oxygen atoms in total. The zero-order valence-electron chi connectivity index (χ0n) is 10.7. The maximum atomic E-state index is 3.50. The molecule has 2 heterocycles. The molecule has 0 amide bonds. The van der Waals surface area contributed by atoms with Crippen LogP contribution in [0.25, 0.3) is 10.9 Å². The molecule has 1 aliphatic heterocycles. The van der Waals surface area contributed by atoms with Gasteiger partial charge in [0.05, 0.1) is 5.52 Å². The van der Waals surface area contributed by atoms with Crippen molar-refractivity contribution >= 4 is 23.3 Å². The number of benzene rings is 1. The maximum absolute atomic E-state index is 3.50. The Balaban J connectivity index is 0.000001000. The predicted molar refractivity (Wildman–Crippen MR) is 77.6 cm³/mol. The van der Waals surface area contributed by atoms with E-state index in [9.17, 15) is 0 Å². The van der Waals surface area contributed by atoms with Gasteiger partial charge in [0.2, 0.25) is 0 Å². The molecule has 0 spiro atoms. The van der Waals surface area contributed by atoms with Crippen LogP contribution in [0.15, 0.2) is 18.2 Å². The molecule has 2 aliphatic rings. The SMILES string of the molecule is C[C@@H]1CNCc2cc3ccc4c(c3n21)CCC4.Cl. The van der Waals surface area contributed by atoms with E-state index in [0.29, 0.717) is 6.04 Å². The second-order valence-corrected chi connectivity index (χ2v) is 5.48. The standard InChI is InChI=1S/C15H18N2.ClH/c1-10-8-16-9-13-7-12-6-5-11-3-2-4-14(11)15(12)17(10)13;/h5-7,10,16H,2-4,8-9H2,1H3;1H/t10-;/m1./s1. The highest BCUT2D eigenvalue weighted by Gasteiger charge is 2.23. The van der Waals surface area contributed by atoms with Gasteiger partial charge in [-0.1, -0.05) is 12.1 Å². The quantitative estimate of drug-likeness (QED) is 0.772. The number of halogens is 1. The van der Waals surface area contributed by atoms with Crippen LogP contribution in [0, 0.1) is 0 Å². The fourth-order valence-corrected chi connectivity index (χ4v) is 3.60. The van der Waals surface area contributed by atoms with Gasteiger partial charge in [-0.25, -0.2) is 0 Å². The Labute approximate surface area is 114 Å². The first kappa shape index (κ1) is 12.1. The fraction of sp³-hybridized carbons (Fsp3) is 0.467. The van der Waals surface area contributed by atoms with Gasteiger partial charge < -0.3 is 9.88 Å². The van der Waals surface area contributed by atoms with Crippen molar-refractivity contribution in [1.82, 2.24) is 9.88 Å². The van der Waals surface area contributed by atoms with E-state index in [1.54, 1.807) is 11.1 Å². The van der Waals surface area contributed by atoms with Crippen molar-refractivity contribution < 1.29 is 0 Å². The molecular weight excluding hydrogens is 244 g/mol. The summed E-state index contributed by atoms with van der Waals surface area (Å²) in [6.07, 6.45) is 3.89. The zero-order valence-corrected chi connectivity index (χ0v) is 11.5. The minimum Gasteiger partial charge on any atom is -0.339 e. The van der Waals surface area contributed by atoms with Crippen LogP contribution in [0.4, 0.5) is 0 Å². The summed E-state index contributed by atoms with van der Waals surface area (Å²) >= 11 is 0. The van der Waals surface area contributed by atoms with E-state index in [-0.39, 0.29) is 12.4 Å². The van der Waals surface area contributed by atoms with Gasteiger partial charge in [-0.05, 0) is 43.4 Å². The third-order valence-electron chi connectivity index (χ3n) is 4.34. The van der Waals surface area contributed by atoms with Crippen molar-refractivity contribution in [2.75, 3.05) is 6.54 Å². The van der Waals surface area contributed by atoms with Crippen molar-refractivity contribution in [3.63, 3.8) is 0 Å². The fourth-order valence-electron chi connectivity index (χ4n) is 3.60. The number of nitrogens with one attached hydrogen (secondary N) is 1. The van der Waals surface area contributed by atoms with Gasteiger partial charge in [0.15, 0.2) is 0 Å². The van der Waals surface area contributed by atoms with Gasteiger partial charge in [0, 0.05) is 30.2 Å². The third kappa shape index (κ3) is 1.52. The van der Waals surface area contributed by atoms with Crippen LogP contribution in [0.5, 0.6) is 0 Å². The molecule has 18 heavy (non-hydrogen) atoms. The van der Waals surface area contributed by atoms with Crippen molar-refractivity contribution in [2.24, 2.45) is 0 Å². The van der Waals surface area contributed by atoms with Crippen LogP contribution in [0.3, 0.4) is 0 Å². The van der Waals surface area contributed by atoms with Crippen molar-refractivity contribution in [3.05, 3.63) is 35.0 Å². The summed E-state index contributed by atoms with van der Waals surface area (Å²) in [6, 6.07) is 7.62. The number of aromatic nitrogens is 1. The first-order valence-electron chi connectivity index (χ1n) is 6.70. The molecule has 1 aromatic carbocycles. The number of aryl methyl sites for hydroxylation is 2. The van der Waals surface area contributed by atoms with E-state index in [4.69, 9.17) is 0 Å². The molecule has 1 aromatic heterocycles. The Morgan fingerprint density at radius 2 is 2.17 bits per heavy atom. The minimum atomic E-state index is 0. The summed E-state index contributed by atoms with van der Waals surface area (Å²) in [6.45, 7) is 4.44. The van der Waals surface area contributed by atoms with E-state index in [0.717, 1.165) is 13.1 Å². The van der Waals surface area contributed by atoms with Crippen molar-refractivity contribution in [3.8, 4) is 0 Å². The summed E-state index contributed by atoms with van der Waals surface area (Å²) in [5.74, 6) is 0. The van der Waals surface area contributed by atoms with Gasteiger partial charge in [-0.3, -0.25) is 0 Å². The molecule has 0 unspecified atom stereocenters. The smallest absolute Gasteiger partial charge is 0.0521 e. The molecule has 0 saturated heterocycles. The number of rotatable bonds is 0. The lowest BCUT2D eigenvalue weighted by atomic mass is 10.1. The minimum absolute atomic E-state index is 0. The van der Waals surface area contributed by atoms with E-state index in [1.165, 1.54) is 35.9 Å². The summed E-state index contributed by atoms with van der Waals surface area (Å²) in [5, 5.41) is 4.94. The van der Waals surface area contributed by atoms with Crippen LogP contribution in [-0.2, 0) is 19.4 Å². The number of nitrogens with zero attached hydrogens (tertiary/aromatic N) is 1. The highest BCUT2D eigenvalue weighted by molar-refractivity contribution is 5.86. The Bertz CT molecular complexity index is 600. The van der Waals surface area contributed by atoms with Gasteiger partial charge in [-0.15, -0.1) is 12.4 Å². The van der Waals surface area contributed by atoms with Crippen LogP contribution in [0.1, 0.15) is 36.2 Å². The normalized spacial score (nSPS) is 21.5. The van der Waals surface area contributed by atoms with Crippen LogP contribution < -0.4 is 5.32 Å². The molecule has 0 radical (unpaired) electrons. The average molecular weight is 263 g/mol. The van der Waals surface area contributed by atoms with Crippen molar-refractivity contribution in [2.45, 2.75) is 38.8 Å². The molecule has 1 aliphatic carbocycles. The van der Waals surface area contributed by atoms with E-state index >= 15 is 0 Å². The molecule has 1 N–H and O–H groups in total. The largest absolute Gasteiger partial charge is 0.339 e. The molecule has 4 rings (SSSR count). The highest BCUT2D eigenvalue weighted by Crippen LogP contribution is 2.34. The Hall–Kier alpha value is -0.990. The van der Waals surface area contributed by atoms with Crippen LogP contribution >= 0.6 is 12.4 Å². The van der Waals surface area contributed by atoms with E-state index in [1.807, 2.05) is 0 Å². The van der Waals surface area contributed by atoms with Crippen molar-refractivity contribution in [1.29, 1.82) is 0 Å². The lowest BCUT2D eigenvalue weighted by Crippen LogP contribution is -2.31. The lowest BCUT2D eigenvalue weighted by molar-refractivity contribution is 0.439. The predicted octanol–water partition coefficient (Wildman–Crippen LogP) is 3.22. The van der Waals surface area contributed by atoms with Crippen LogP contribution in [0.2, 0.25) is 0 Å². The molecule has 0 saturated carbocycles. The van der Waals surface area contributed by atoms with E-state index in [2.05, 4.69) is 35.0 Å². The molecule has 0 fully saturated rings. The molecule has 96 valence electrons. The summed E-state index contributed by atoms with van der Waals surface area (Å²) < 4.78 is 2.58. The Morgan fingerprint density at radius 3 is 3.06 bits per heavy atom. The number of hydrogen-bond donors (Lipinski definition) is 1. The summed E-state index contributed by atoms with van der Waals surface area (Å²) in [7, 11) is 0. The highest BCUT2D eigenvalue weighted by atomic mass is 35.5. The first-order chi connectivity index (χ1) is 8.34. The molecule has 3 heteroatoms. The number of hydrogen-bond acceptors (Lipinski definition) is 1. The topological polar surface area (TPSA) is 17.0 Å². The Morgan fingerprint density at radius 1 is 1.28 bits per heavy atom. The van der Waals surface area contributed by atoms with Gasteiger partial charge in [0.1, 0.15) is 0 Å². The third-order valence-corrected chi connectivity index (χ3v) is 4.34. The molecule has 1 atom stereocenters. The van der Waals surface area contributed by atoms with Gasteiger partial charge in [0.25, 0.3) is 0 Å². The molecule has 2 aromatic rings. The van der Waals surface area contributed by atoms with Gasteiger partial charge in [-0.2, -0.15) is 0 Å². The number of fused-ring (bicyclic) bond motifs is 5. The summed E-state index contributed by atoms with van der Waals surface area (Å²) in [5.41, 5.74) is 6.20. The average Bonchev–Trinajstić information content (AvgIpc) is 2.91. The second kappa shape index (κ2) is 4.29.